The monoisotopic (exact) mass is 284 g/mol. The molecule has 1 aliphatic heterocycles. The molecule has 0 spiro atoms. The molecule has 5 heteroatoms. The van der Waals surface area contributed by atoms with Crippen molar-refractivity contribution < 1.29 is 42.6 Å². The van der Waals surface area contributed by atoms with E-state index in [1.54, 1.807) is 0 Å². The van der Waals surface area contributed by atoms with Gasteiger partial charge in [-0.05, 0) is 6.54 Å². The van der Waals surface area contributed by atoms with Crippen LogP contribution in [0.4, 0.5) is 0 Å². The maximum absolute atomic E-state index is 8.12. The SMILES string of the molecule is C.C.C.NCC1CO1.[CH2-]C(O)CN.[Y]. The van der Waals surface area contributed by atoms with Crippen LogP contribution in [0.15, 0.2) is 0 Å². The normalized spacial score (nSPS) is 17.6. The van der Waals surface area contributed by atoms with E-state index in [4.69, 9.17) is 21.3 Å². The molecule has 1 rings (SSSR count). The minimum absolute atomic E-state index is 0. The standard InChI is InChI=1S/C3H7NO.C3H8NO.3CH4.Y/c4-1-3-2-5-3;1-3(5)2-4;;;;/h3H,1-2,4H2;3,5H,1-2,4H2;3*1H4;/q;-1;;;;. The summed E-state index contributed by atoms with van der Waals surface area (Å²) in [4.78, 5) is 0. The molecule has 0 bridgehead atoms. The molecule has 2 atom stereocenters. The quantitative estimate of drug-likeness (QED) is 0.506. The van der Waals surface area contributed by atoms with E-state index < -0.39 is 6.10 Å². The van der Waals surface area contributed by atoms with Crippen molar-refractivity contribution in [2.24, 2.45) is 11.5 Å². The Morgan fingerprint density at radius 1 is 1.36 bits per heavy atom. The smallest absolute Gasteiger partial charge is 0.0931 e. The van der Waals surface area contributed by atoms with E-state index in [2.05, 4.69) is 6.92 Å². The van der Waals surface area contributed by atoms with Gasteiger partial charge in [0.15, 0.2) is 0 Å². The zero-order chi connectivity index (χ0) is 7.98. The number of rotatable bonds is 2. The van der Waals surface area contributed by atoms with Gasteiger partial charge in [-0.25, -0.2) is 0 Å². The van der Waals surface area contributed by atoms with Gasteiger partial charge in [-0.15, -0.1) is 0 Å². The van der Waals surface area contributed by atoms with E-state index in [-0.39, 0.29) is 61.5 Å². The zero-order valence-electron chi connectivity index (χ0n) is 6.57. The second-order valence-electron chi connectivity index (χ2n) is 2.08. The van der Waals surface area contributed by atoms with E-state index >= 15 is 0 Å². The molecule has 5 N–H and O–H groups in total. The van der Waals surface area contributed by atoms with Gasteiger partial charge < -0.3 is 28.2 Å². The fourth-order valence-corrected chi connectivity index (χ4v) is 0.204. The first kappa shape index (κ1) is 29.4. The summed E-state index contributed by atoms with van der Waals surface area (Å²) in [7, 11) is 0. The van der Waals surface area contributed by atoms with E-state index in [0.29, 0.717) is 12.6 Å². The third-order valence-corrected chi connectivity index (χ3v) is 0.937. The van der Waals surface area contributed by atoms with E-state index in [0.717, 1.165) is 6.61 Å². The van der Waals surface area contributed by atoms with Gasteiger partial charge in [0.25, 0.3) is 0 Å². The molecule has 1 aliphatic rings. The summed E-state index contributed by atoms with van der Waals surface area (Å²) in [6.45, 7) is 5.02. The molecule has 14 heavy (non-hydrogen) atoms. The molecule has 1 saturated heterocycles. The number of hydrogen-bond acceptors (Lipinski definition) is 4. The number of nitrogens with two attached hydrogens (primary N) is 2. The van der Waals surface area contributed by atoms with Gasteiger partial charge in [-0.3, -0.25) is 0 Å². The third kappa shape index (κ3) is 29.3. The van der Waals surface area contributed by atoms with Crippen LogP contribution < -0.4 is 11.5 Å². The number of aliphatic hydroxyl groups is 1. The average Bonchev–Trinajstić information content (AvgIpc) is 2.70. The minimum atomic E-state index is -0.588. The largest absolute Gasteiger partial charge is 0.424 e. The predicted molar refractivity (Wildman–Crippen MR) is 59.4 cm³/mol. The fraction of sp³-hybridized carbons (Fsp3) is 0.889. The minimum Gasteiger partial charge on any atom is -0.424 e. The van der Waals surface area contributed by atoms with Crippen LogP contribution in [0.5, 0.6) is 0 Å². The Hall–Kier alpha value is 0.944. The molecule has 0 amide bonds. The molecule has 89 valence electrons. The number of aliphatic hydroxyl groups excluding tert-OH is 1. The first-order chi connectivity index (χ1) is 4.70. The van der Waals surface area contributed by atoms with Gasteiger partial charge in [0.05, 0.1) is 12.7 Å². The molecular weight excluding hydrogens is 257 g/mol. The average molecular weight is 284 g/mol. The van der Waals surface area contributed by atoms with Gasteiger partial charge in [0.2, 0.25) is 0 Å². The molecule has 4 nitrogen and oxygen atoms in total. The van der Waals surface area contributed by atoms with E-state index in [1.807, 2.05) is 0 Å². The maximum Gasteiger partial charge on any atom is 0.0931 e. The van der Waals surface area contributed by atoms with Crippen LogP contribution in [-0.2, 0) is 37.4 Å². The number of hydrogen-bond donors (Lipinski definition) is 3. The zero-order valence-corrected chi connectivity index (χ0v) is 9.41. The second-order valence-corrected chi connectivity index (χ2v) is 2.08. The Kier molecular flexibility index (Phi) is 40.9. The Bertz CT molecular complexity index is 79.2. The molecule has 0 aromatic carbocycles. The van der Waals surface area contributed by atoms with E-state index in [1.165, 1.54) is 0 Å². The Labute approximate surface area is 115 Å². The van der Waals surface area contributed by atoms with Crippen molar-refractivity contribution in [2.45, 2.75) is 34.5 Å². The van der Waals surface area contributed by atoms with Crippen molar-refractivity contribution in [3.05, 3.63) is 6.92 Å². The topological polar surface area (TPSA) is 84.8 Å². The Balaban J connectivity index is -0.0000000300. The van der Waals surface area contributed by atoms with Crippen molar-refractivity contribution in [1.29, 1.82) is 0 Å². The molecule has 2 unspecified atom stereocenters. The van der Waals surface area contributed by atoms with E-state index in [9.17, 15) is 0 Å². The Morgan fingerprint density at radius 3 is 1.64 bits per heavy atom. The molecule has 1 heterocycles. The van der Waals surface area contributed by atoms with Crippen molar-refractivity contribution in [2.75, 3.05) is 19.7 Å². The summed E-state index contributed by atoms with van der Waals surface area (Å²) >= 11 is 0. The first-order valence-electron chi connectivity index (χ1n) is 3.23. The molecule has 1 fully saturated rings. The number of epoxide rings is 1. The molecule has 0 aromatic heterocycles. The van der Waals surface area contributed by atoms with Crippen LogP contribution in [0.2, 0.25) is 0 Å². The molecule has 1 radical (unpaired) electrons. The molecule has 0 aromatic rings. The maximum atomic E-state index is 8.12. The number of ether oxygens (including phenoxy) is 1. The second kappa shape index (κ2) is 19.5. The van der Waals surface area contributed by atoms with Crippen LogP contribution in [0.1, 0.15) is 22.3 Å². The summed E-state index contributed by atoms with van der Waals surface area (Å²) in [6, 6.07) is 0. The summed E-state index contributed by atoms with van der Waals surface area (Å²) < 4.78 is 4.73. The van der Waals surface area contributed by atoms with Crippen LogP contribution in [0.3, 0.4) is 0 Å². The van der Waals surface area contributed by atoms with Crippen molar-refractivity contribution in [3.8, 4) is 0 Å². The van der Waals surface area contributed by atoms with Crippen LogP contribution in [0, 0.1) is 6.92 Å². The molecule has 0 aliphatic carbocycles. The summed E-state index contributed by atoms with van der Waals surface area (Å²) in [5.74, 6) is 0. The fourth-order valence-electron chi connectivity index (χ4n) is 0.204. The van der Waals surface area contributed by atoms with Gasteiger partial charge >= 0.3 is 0 Å². The van der Waals surface area contributed by atoms with Crippen molar-refractivity contribution in [3.63, 3.8) is 0 Å². The van der Waals surface area contributed by atoms with Gasteiger partial charge in [0.1, 0.15) is 0 Å². The van der Waals surface area contributed by atoms with Crippen molar-refractivity contribution in [1.82, 2.24) is 0 Å². The summed E-state index contributed by atoms with van der Waals surface area (Å²) in [6.07, 6.45) is -0.176. The van der Waals surface area contributed by atoms with Gasteiger partial charge in [0, 0.05) is 39.3 Å². The van der Waals surface area contributed by atoms with Gasteiger partial charge in [-0.2, -0.15) is 0 Å². The predicted octanol–water partition coefficient (Wildman–Crippen LogP) is 0.390. The Morgan fingerprint density at radius 2 is 1.64 bits per heavy atom. The van der Waals surface area contributed by atoms with Crippen molar-refractivity contribution >= 4 is 0 Å². The first-order valence-corrected chi connectivity index (χ1v) is 3.23. The van der Waals surface area contributed by atoms with Crippen LogP contribution >= 0.6 is 0 Å². The van der Waals surface area contributed by atoms with Crippen LogP contribution in [-0.4, -0.2) is 37.0 Å². The molecular formula is C9H27N2O2Y-. The van der Waals surface area contributed by atoms with Gasteiger partial charge in [-0.1, -0.05) is 28.4 Å². The summed E-state index contributed by atoms with van der Waals surface area (Å²) in [5, 5.41) is 8.12. The summed E-state index contributed by atoms with van der Waals surface area (Å²) in [5.41, 5.74) is 9.97. The third-order valence-electron chi connectivity index (χ3n) is 0.937. The van der Waals surface area contributed by atoms with Crippen LogP contribution in [0.25, 0.3) is 0 Å². The molecule has 0 saturated carbocycles.